The zero-order valence-electron chi connectivity index (χ0n) is 46.4. The molecule has 0 radical (unpaired) electrons. The average Bonchev–Trinajstić information content (AvgIpc) is 2.76. The van der Waals surface area contributed by atoms with Crippen molar-refractivity contribution in [2.75, 3.05) is 43.8 Å². The van der Waals surface area contributed by atoms with Gasteiger partial charge in [0, 0.05) is 63.7 Å². The molecular formula is C54H62N12O16S. The normalized spacial score (nSPS) is 14.1. The lowest BCUT2D eigenvalue weighted by Gasteiger charge is -2.21. The van der Waals surface area contributed by atoms with Crippen LogP contribution in [-0.2, 0) is 59.4 Å². The number of benzene rings is 2. The molecule has 1 unspecified atom stereocenters. The Bertz CT molecular complexity index is 3580. The van der Waals surface area contributed by atoms with Crippen molar-refractivity contribution in [2.45, 2.75) is 104 Å². The Hall–Kier alpha value is -9.41. The number of fused-ring (bicyclic) bond motifs is 2. The number of anilines is 2. The molecule has 83 heavy (non-hydrogen) atoms. The summed E-state index contributed by atoms with van der Waals surface area (Å²) >= 11 is 1.16. The van der Waals surface area contributed by atoms with Crippen molar-refractivity contribution in [3.63, 3.8) is 0 Å². The number of carbonyl (C=O) groups is 10. The van der Waals surface area contributed by atoms with Crippen LogP contribution in [0.4, 0.5) is 11.9 Å². The molecule has 1 saturated heterocycles. The van der Waals surface area contributed by atoms with E-state index < -0.39 is 95.7 Å². The minimum Gasteiger partial charge on any atom is -0.494 e. The number of rotatable bonds is 29. The summed E-state index contributed by atoms with van der Waals surface area (Å²) in [6.07, 6.45) is 4.55. The van der Waals surface area contributed by atoms with E-state index in [2.05, 4.69) is 35.9 Å². The minimum absolute atomic E-state index is 0.00345. The highest BCUT2D eigenvalue weighted by Gasteiger charge is 2.39. The van der Waals surface area contributed by atoms with Gasteiger partial charge in [-0.15, -0.1) is 0 Å². The van der Waals surface area contributed by atoms with Crippen LogP contribution < -0.4 is 36.9 Å². The molecule has 0 aliphatic carbocycles. The first-order valence-electron chi connectivity index (χ1n) is 26.2. The molecule has 3 atom stereocenters. The Balaban J connectivity index is 1.11. The van der Waals surface area contributed by atoms with Crippen molar-refractivity contribution < 1.29 is 76.1 Å². The number of primary amides is 2. The van der Waals surface area contributed by atoms with Gasteiger partial charge in [-0.2, -0.15) is 11.8 Å². The fourth-order valence-corrected chi connectivity index (χ4v) is 9.70. The third-order valence-electron chi connectivity index (χ3n) is 13.1. The van der Waals surface area contributed by atoms with Gasteiger partial charge in [-0.3, -0.25) is 63.5 Å². The molecule has 29 heteroatoms. The van der Waals surface area contributed by atoms with Gasteiger partial charge >= 0.3 is 11.9 Å². The van der Waals surface area contributed by atoms with Gasteiger partial charge in [0.25, 0.3) is 11.8 Å². The number of aromatic nitrogens is 6. The number of thioether (sulfide) groups is 1. The molecule has 7 amide bonds. The maximum Gasteiger partial charge on any atom is 0.309 e. The molecule has 0 saturated carbocycles. The van der Waals surface area contributed by atoms with E-state index in [0.717, 1.165) is 16.7 Å². The molecule has 4 aromatic heterocycles. The summed E-state index contributed by atoms with van der Waals surface area (Å²) in [7, 11) is 1.40. The Morgan fingerprint density at radius 3 is 1.82 bits per heavy atom. The van der Waals surface area contributed by atoms with Crippen LogP contribution in [-0.4, -0.2) is 143 Å². The van der Waals surface area contributed by atoms with Gasteiger partial charge < -0.3 is 54.1 Å². The summed E-state index contributed by atoms with van der Waals surface area (Å²) in [6.45, 7) is 7.22. The number of oxazole rings is 2. The molecule has 28 nitrogen and oxygen atoms in total. The number of amides is 7. The Kier molecular flexibility index (Phi) is 19.8. The van der Waals surface area contributed by atoms with Crippen molar-refractivity contribution in [2.24, 2.45) is 17.4 Å². The van der Waals surface area contributed by atoms with Gasteiger partial charge in [-0.05, 0) is 49.8 Å². The average molecular weight is 1170 g/mol. The maximum atomic E-state index is 13.9. The fourth-order valence-electron chi connectivity index (χ4n) is 9.06. The predicted octanol–water partition coefficient (Wildman–Crippen LogP) is 3.82. The molecule has 6 aromatic rings. The van der Waals surface area contributed by atoms with Crippen LogP contribution in [0.15, 0.2) is 45.3 Å². The van der Waals surface area contributed by atoms with E-state index in [1.807, 2.05) is 6.92 Å². The number of aliphatic carboxylic acids is 1. The number of carboxylic acids is 1. The largest absolute Gasteiger partial charge is 0.494 e. The first-order chi connectivity index (χ1) is 39.5. The van der Waals surface area contributed by atoms with Gasteiger partial charge in [0.1, 0.15) is 29.1 Å². The zero-order valence-corrected chi connectivity index (χ0v) is 47.3. The third-order valence-corrected chi connectivity index (χ3v) is 14.1. The van der Waals surface area contributed by atoms with E-state index in [-0.39, 0.29) is 120 Å². The van der Waals surface area contributed by atoms with Gasteiger partial charge in [0.05, 0.1) is 60.0 Å². The molecule has 1 aliphatic rings. The summed E-state index contributed by atoms with van der Waals surface area (Å²) in [4.78, 5) is 147. The van der Waals surface area contributed by atoms with Crippen LogP contribution in [0.3, 0.4) is 0 Å². The van der Waals surface area contributed by atoms with Crippen LogP contribution in [0.2, 0.25) is 0 Å². The number of hydrogen-bond acceptors (Lipinski definition) is 20. The quantitative estimate of drug-likeness (QED) is 0.0168. The number of aryl methyl sites for hydroxylation is 4. The molecule has 5 heterocycles. The van der Waals surface area contributed by atoms with Crippen LogP contribution in [0.25, 0.3) is 22.1 Å². The maximum absolute atomic E-state index is 13.9. The number of likely N-dealkylation sites (tertiary alicyclic amines) is 1. The number of ketones is 1. The number of carboxylic acid groups (broad SMARTS) is 1. The highest BCUT2D eigenvalue weighted by molar-refractivity contribution is 8.00. The van der Waals surface area contributed by atoms with E-state index >= 15 is 0 Å². The first-order valence-corrected chi connectivity index (χ1v) is 27.5. The topological polar surface area (TPSA) is 398 Å². The molecule has 0 bridgehead atoms. The number of ether oxygens (including phenoxy) is 3. The number of imidazole rings is 2. The summed E-state index contributed by atoms with van der Waals surface area (Å²) in [5.41, 5.74) is 13.4. The second-order valence-electron chi connectivity index (χ2n) is 19.1. The number of nitrogens with one attached hydrogen (secondary N) is 3. The number of imide groups is 1. The Morgan fingerprint density at radius 1 is 0.807 bits per heavy atom. The standard InChI is InChI=1S/C54H62N12O16S/c1-8-31-45(81-27(4)57-31)49(74)62-53-60-34-20-29(47(55)72)22-37(78-6)43(34)64(53)15-10-11-16-65-44-35(61-54(65)63-50(75)46-32(9-2)58-28(5)82-46)21-30(48(56)73)23-38(44)79-17-12-18-80-52(77)26(3)19-36(67)33(13-14-42(70)71)59-40(68)25-66-41(69)24-39(83-7)51(66)76/h10-11,20-23,26,33,39H,8-9,12-19,24-25H2,1-7H3,(H2,55,72)(H2,56,73)(H,59,68)(H,70,71)(H,60,62,74)(H,61,63,75)/b11-10+/t26-,33+,39?/m0/s1. The minimum atomic E-state index is -1.35. The SMILES string of the molecule is CCc1nc(C)oc1C(=O)Nc1nc2cc(C(N)=O)cc(OC)c2n1C/C=C/Cn1c(NC(=O)c2oc(C)nc2CC)nc2cc(C(N)=O)cc(OCCCOC(=O)[C@@H](C)CC(=O)[C@@H](CCC(=O)O)NC(=O)CN3C(=O)CC(SC)C3=O)c21. The zero-order chi connectivity index (χ0) is 60.4. The van der Waals surface area contributed by atoms with Gasteiger partial charge in [0.2, 0.25) is 53.0 Å². The summed E-state index contributed by atoms with van der Waals surface area (Å²) in [5, 5.41) is 16.7. The highest BCUT2D eigenvalue weighted by Crippen LogP contribution is 2.34. The number of Topliss-reactive ketones (excluding diaryl/α,β-unsaturated/α-hetero) is 1. The second-order valence-corrected chi connectivity index (χ2v) is 20.1. The van der Waals surface area contributed by atoms with Gasteiger partial charge in [-0.1, -0.05) is 32.9 Å². The number of carbonyl (C=O) groups excluding carboxylic acids is 9. The van der Waals surface area contributed by atoms with Gasteiger partial charge in [-0.25, -0.2) is 19.9 Å². The molecule has 1 fully saturated rings. The van der Waals surface area contributed by atoms with E-state index in [1.54, 1.807) is 48.3 Å². The fraction of sp³-hybridized carbons (Fsp3) is 0.407. The molecular weight excluding hydrogens is 1100 g/mol. The van der Waals surface area contributed by atoms with Crippen molar-refractivity contribution in [1.82, 2.24) is 39.3 Å². The number of methoxy groups -OCH3 is 1. The van der Waals surface area contributed by atoms with E-state index in [4.69, 9.17) is 34.5 Å². The highest BCUT2D eigenvalue weighted by atomic mass is 32.2. The lowest BCUT2D eigenvalue weighted by molar-refractivity contribution is -0.150. The van der Waals surface area contributed by atoms with Crippen molar-refractivity contribution in [1.29, 1.82) is 0 Å². The van der Waals surface area contributed by atoms with Crippen molar-refractivity contribution in [3.05, 3.63) is 82.2 Å². The van der Waals surface area contributed by atoms with Gasteiger partial charge in [0.15, 0.2) is 17.6 Å². The summed E-state index contributed by atoms with van der Waals surface area (Å²) in [5.74, 6) is -7.82. The van der Waals surface area contributed by atoms with Crippen LogP contribution >= 0.6 is 11.8 Å². The number of nitrogens with zero attached hydrogens (tertiary/aromatic N) is 7. The molecule has 440 valence electrons. The number of nitrogens with two attached hydrogens (primary N) is 2. The molecule has 1 aliphatic heterocycles. The van der Waals surface area contributed by atoms with Crippen molar-refractivity contribution in [3.8, 4) is 11.5 Å². The van der Waals surface area contributed by atoms with Crippen molar-refractivity contribution >= 4 is 105 Å². The summed E-state index contributed by atoms with van der Waals surface area (Å²) in [6, 6.07) is 4.34. The molecule has 2 aromatic carbocycles. The number of hydrogen-bond donors (Lipinski definition) is 6. The van der Waals surface area contributed by atoms with E-state index in [9.17, 15) is 53.1 Å². The summed E-state index contributed by atoms with van der Waals surface area (Å²) < 4.78 is 31.9. The Morgan fingerprint density at radius 2 is 1.34 bits per heavy atom. The smallest absolute Gasteiger partial charge is 0.309 e. The first kappa shape index (κ1) is 61.2. The lowest BCUT2D eigenvalue weighted by Crippen LogP contribution is -2.47. The van der Waals surface area contributed by atoms with Crippen LogP contribution in [0.5, 0.6) is 11.5 Å². The van der Waals surface area contributed by atoms with Crippen LogP contribution in [0, 0.1) is 19.8 Å². The molecule has 8 N–H and O–H groups in total. The van der Waals surface area contributed by atoms with Crippen LogP contribution in [0.1, 0.15) is 118 Å². The monoisotopic (exact) mass is 1170 g/mol. The number of allylic oxidation sites excluding steroid dienone is 2. The van der Waals surface area contributed by atoms with E-state index in [1.165, 1.54) is 38.3 Å². The lowest BCUT2D eigenvalue weighted by atomic mass is 9.97. The number of esters is 1. The second kappa shape index (κ2) is 26.9. The molecule has 0 spiro atoms. The Labute approximate surface area is 477 Å². The molecule has 7 rings (SSSR count). The predicted molar refractivity (Wildman–Crippen MR) is 297 cm³/mol. The van der Waals surface area contributed by atoms with E-state index in [0.29, 0.717) is 29.7 Å². The third kappa shape index (κ3) is 14.4.